The highest BCUT2D eigenvalue weighted by Gasteiger charge is 2.14. The molecule has 2 aromatic heterocycles. The van der Waals surface area contributed by atoms with Crippen molar-refractivity contribution in [3.05, 3.63) is 51.6 Å². The van der Waals surface area contributed by atoms with Gasteiger partial charge in [0.2, 0.25) is 5.91 Å². The third-order valence-corrected chi connectivity index (χ3v) is 6.37. The first-order chi connectivity index (χ1) is 13.9. The molecule has 152 valence electrons. The third kappa shape index (κ3) is 4.68. The largest absolute Gasteiger partial charge is 0.339 e. The van der Waals surface area contributed by atoms with Gasteiger partial charge in [0.15, 0.2) is 5.16 Å². The molecule has 0 saturated carbocycles. The summed E-state index contributed by atoms with van der Waals surface area (Å²) in [7, 11) is 1.65. The van der Waals surface area contributed by atoms with Gasteiger partial charge in [-0.25, -0.2) is 4.98 Å². The van der Waals surface area contributed by atoms with Crippen LogP contribution in [0.2, 0.25) is 0 Å². The number of carbonyl (C=O) groups is 2. The zero-order valence-electron chi connectivity index (χ0n) is 16.5. The van der Waals surface area contributed by atoms with Gasteiger partial charge in [-0.05, 0) is 49.6 Å². The van der Waals surface area contributed by atoms with Crippen LogP contribution in [0.5, 0.6) is 0 Å². The van der Waals surface area contributed by atoms with Crippen molar-refractivity contribution >= 4 is 50.8 Å². The molecule has 7 nitrogen and oxygen atoms in total. The summed E-state index contributed by atoms with van der Waals surface area (Å²) in [5.41, 5.74) is 1.74. The number of thiophene rings is 1. The van der Waals surface area contributed by atoms with Gasteiger partial charge in [0.1, 0.15) is 4.70 Å². The minimum absolute atomic E-state index is 0.0285. The first-order valence-corrected chi connectivity index (χ1v) is 11.1. The molecule has 1 N–H and O–H groups in total. The Morgan fingerprint density at radius 2 is 1.86 bits per heavy atom. The molecule has 0 spiro atoms. The number of rotatable bonds is 7. The molecular formula is C20H22N4O3S2. The standard InChI is InChI=1S/C20H22N4O3S2/c1-4-24(5-2)18(26)13-6-8-14(9-7-13)21-16(25)12-29-20-22-15-10-11-28-17(15)19(27)23(20)3/h6-11H,4-5,12H2,1-3H3,(H,21,25). The van der Waals surface area contributed by atoms with E-state index in [9.17, 15) is 14.4 Å². The fourth-order valence-corrected chi connectivity index (χ4v) is 4.39. The number of amides is 2. The number of nitrogens with zero attached hydrogens (tertiary/aromatic N) is 3. The van der Waals surface area contributed by atoms with Crippen LogP contribution >= 0.6 is 23.1 Å². The van der Waals surface area contributed by atoms with Crippen LogP contribution < -0.4 is 10.9 Å². The Labute approximate surface area is 176 Å². The minimum Gasteiger partial charge on any atom is -0.339 e. The number of hydrogen-bond donors (Lipinski definition) is 1. The smallest absolute Gasteiger partial charge is 0.271 e. The average Bonchev–Trinajstić information content (AvgIpc) is 3.19. The maximum atomic E-state index is 12.3. The quantitative estimate of drug-likeness (QED) is 0.460. The van der Waals surface area contributed by atoms with E-state index in [-0.39, 0.29) is 23.1 Å². The summed E-state index contributed by atoms with van der Waals surface area (Å²) in [6, 6.07) is 8.64. The predicted molar refractivity (Wildman–Crippen MR) is 118 cm³/mol. The van der Waals surface area contributed by atoms with Gasteiger partial charge in [-0.15, -0.1) is 11.3 Å². The minimum atomic E-state index is -0.211. The highest BCUT2D eigenvalue weighted by atomic mass is 32.2. The second kappa shape index (κ2) is 9.23. The van der Waals surface area contributed by atoms with Crippen molar-refractivity contribution < 1.29 is 9.59 Å². The molecule has 0 radical (unpaired) electrons. The lowest BCUT2D eigenvalue weighted by molar-refractivity contribution is -0.113. The lowest BCUT2D eigenvalue weighted by atomic mass is 10.2. The maximum absolute atomic E-state index is 12.3. The lowest BCUT2D eigenvalue weighted by Crippen LogP contribution is -2.30. The Kier molecular flexibility index (Phi) is 6.71. The van der Waals surface area contributed by atoms with Crippen molar-refractivity contribution in [1.82, 2.24) is 14.5 Å². The number of nitrogens with one attached hydrogen (secondary N) is 1. The van der Waals surface area contributed by atoms with E-state index in [4.69, 9.17) is 0 Å². The van der Waals surface area contributed by atoms with Gasteiger partial charge in [0.25, 0.3) is 11.5 Å². The average molecular weight is 431 g/mol. The molecule has 0 saturated heterocycles. The fourth-order valence-electron chi connectivity index (χ4n) is 2.81. The zero-order valence-corrected chi connectivity index (χ0v) is 18.1. The number of carbonyl (C=O) groups excluding carboxylic acids is 2. The van der Waals surface area contributed by atoms with Gasteiger partial charge >= 0.3 is 0 Å². The Bertz CT molecular complexity index is 1090. The third-order valence-electron chi connectivity index (χ3n) is 4.44. The SMILES string of the molecule is CCN(CC)C(=O)c1ccc(NC(=O)CSc2nc3ccsc3c(=O)n2C)cc1. The van der Waals surface area contributed by atoms with Crippen molar-refractivity contribution in [2.45, 2.75) is 19.0 Å². The summed E-state index contributed by atoms with van der Waals surface area (Å²) in [5, 5.41) is 5.13. The summed E-state index contributed by atoms with van der Waals surface area (Å²) in [6.07, 6.45) is 0. The van der Waals surface area contributed by atoms with Gasteiger partial charge in [-0.3, -0.25) is 19.0 Å². The summed E-state index contributed by atoms with van der Waals surface area (Å²) in [6.45, 7) is 5.18. The zero-order chi connectivity index (χ0) is 21.0. The van der Waals surface area contributed by atoms with Crippen LogP contribution in [0.4, 0.5) is 5.69 Å². The highest BCUT2D eigenvalue weighted by Crippen LogP contribution is 2.20. The van der Waals surface area contributed by atoms with Crippen LogP contribution in [-0.2, 0) is 11.8 Å². The molecule has 0 bridgehead atoms. The number of aromatic nitrogens is 2. The number of benzene rings is 1. The van der Waals surface area contributed by atoms with Crippen LogP contribution in [0.3, 0.4) is 0 Å². The van der Waals surface area contributed by atoms with E-state index in [1.807, 2.05) is 19.2 Å². The molecule has 0 atom stereocenters. The first-order valence-electron chi connectivity index (χ1n) is 9.20. The first kappa shape index (κ1) is 21.1. The highest BCUT2D eigenvalue weighted by molar-refractivity contribution is 7.99. The van der Waals surface area contributed by atoms with Crippen molar-refractivity contribution in [1.29, 1.82) is 0 Å². The van der Waals surface area contributed by atoms with Gasteiger partial charge in [0, 0.05) is 31.4 Å². The molecule has 2 heterocycles. The fraction of sp³-hybridized carbons (Fsp3) is 0.300. The Morgan fingerprint density at radius 1 is 1.17 bits per heavy atom. The van der Waals surface area contributed by atoms with Crippen molar-refractivity contribution in [3.8, 4) is 0 Å². The molecule has 0 aliphatic carbocycles. The molecule has 9 heteroatoms. The number of anilines is 1. The monoisotopic (exact) mass is 430 g/mol. The van der Waals surface area contributed by atoms with Crippen LogP contribution in [-0.4, -0.2) is 45.1 Å². The maximum Gasteiger partial charge on any atom is 0.271 e. The van der Waals surface area contributed by atoms with Crippen molar-refractivity contribution in [2.24, 2.45) is 7.05 Å². The van der Waals surface area contributed by atoms with E-state index in [2.05, 4.69) is 10.3 Å². The molecule has 0 aliphatic heterocycles. The van der Waals surface area contributed by atoms with E-state index >= 15 is 0 Å². The lowest BCUT2D eigenvalue weighted by Gasteiger charge is -2.18. The van der Waals surface area contributed by atoms with Gasteiger partial charge in [-0.1, -0.05) is 11.8 Å². The molecule has 0 unspecified atom stereocenters. The van der Waals surface area contributed by atoms with E-state index in [1.54, 1.807) is 42.3 Å². The second-order valence-corrected chi connectivity index (χ2v) is 8.14. The molecule has 0 aliphatic rings. The molecule has 29 heavy (non-hydrogen) atoms. The Hall–Kier alpha value is -2.65. The normalized spacial score (nSPS) is 10.9. The summed E-state index contributed by atoms with van der Waals surface area (Å²) >= 11 is 2.57. The van der Waals surface area contributed by atoms with E-state index < -0.39 is 0 Å². The second-order valence-electron chi connectivity index (χ2n) is 6.29. The van der Waals surface area contributed by atoms with E-state index in [0.717, 1.165) is 0 Å². The molecular weight excluding hydrogens is 408 g/mol. The molecule has 2 amide bonds. The molecule has 3 aromatic rings. The van der Waals surface area contributed by atoms with Crippen LogP contribution in [0.1, 0.15) is 24.2 Å². The van der Waals surface area contributed by atoms with Gasteiger partial charge in [-0.2, -0.15) is 0 Å². The summed E-state index contributed by atoms with van der Waals surface area (Å²) in [5.74, 6) is -0.118. The van der Waals surface area contributed by atoms with Gasteiger partial charge < -0.3 is 10.2 Å². The van der Waals surface area contributed by atoms with E-state index in [0.29, 0.717) is 39.7 Å². The molecule has 3 rings (SSSR count). The van der Waals surface area contributed by atoms with Crippen molar-refractivity contribution in [3.63, 3.8) is 0 Å². The Morgan fingerprint density at radius 3 is 2.52 bits per heavy atom. The molecule has 0 fully saturated rings. The summed E-state index contributed by atoms with van der Waals surface area (Å²) in [4.78, 5) is 43.1. The van der Waals surface area contributed by atoms with Gasteiger partial charge in [0.05, 0.1) is 11.3 Å². The topological polar surface area (TPSA) is 84.3 Å². The van der Waals surface area contributed by atoms with E-state index in [1.165, 1.54) is 27.7 Å². The predicted octanol–water partition coefficient (Wildman–Crippen LogP) is 3.21. The number of thioether (sulfide) groups is 1. The van der Waals surface area contributed by atoms with Crippen LogP contribution in [0, 0.1) is 0 Å². The number of fused-ring (bicyclic) bond motifs is 1. The van der Waals surface area contributed by atoms with Crippen molar-refractivity contribution in [2.75, 3.05) is 24.2 Å². The Balaban J connectivity index is 1.62. The number of hydrogen-bond acceptors (Lipinski definition) is 6. The van der Waals surface area contributed by atoms with Crippen LogP contribution in [0.25, 0.3) is 10.2 Å². The molecule has 1 aromatic carbocycles. The summed E-state index contributed by atoms with van der Waals surface area (Å²) < 4.78 is 2.07. The van der Waals surface area contributed by atoms with Crippen LogP contribution in [0.15, 0.2) is 45.7 Å².